The lowest BCUT2D eigenvalue weighted by Gasteiger charge is -2.54. The maximum Gasteiger partial charge on any atom is 0.134 e. The molecule has 0 aliphatic heterocycles. The molecule has 190 valence electrons. The number of phenolic OH excluding ortho intramolecular Hbond substituents is 1. The van der Waals surface area contributed by atoms with Gasteiger partial charge in [0.2, 0.25) is 0 Å². The zero-order chi connectivity index (χ0) is 24.9. The minimum atomic E-state index is -0.235. The van der Waals surface area contributed by atoms with Crippen molar-refractivity contribution in [3.05, 3.63) is 58.1 Å². The zero-order valence-corrected chi connectivity index (χ0v) is 22.3. The van der Waals surface area contributed by atoms with Crippen LogP contribution in [0.1, 0.15) is 75.0 Å². The maximum absolute atomic E-state index is 11.1. The van der Waals surface area contributed by atoms with Gasteiger partial charge in [-0.3, -0.25) is 0 Å². The molecule has 0 aromatic heterocycles. The third-order valence-electron chi connectivity index (χ3n) is 9.68. The predicted octanol–water partition coefficient (Wildman–Crippen LogP) is 6.38. The summed E-state index contributed by atoms with van der Waals surface area (Å²) in [5.74, 6) is 2.79. The lowest BCUT2D eigenvalue weighted by atomic mass is 9.51. The molecular formula is C30H40ClNO3. The Morgan fingerprint density at radius 1 is 1.11 bits per heavy atom. The Bertz CT molecular complexity index is 1050. The highest BCUT2D eigenvalue weighted by Crippen LogP contribution is 2.65. The Kier molecular flexibility index (Phi) is 6.84. The molecule has 0 heterocycles. The Morgan fingerprint density at radius 3 is 2.57 bits per heavy atom. The highest BCUT2D eigenvalue weighted by atomic mass is 35.5. The summed E-state index contributed by atoms with van der Waals surface area (Å²) in [7, 11) is 2.12. The summed E-state index contributed by atoms with van der Waals surface area (Å²) in [4.78, 5) is 2.28. The van der Waals surface area contributed by atoms with Crippen LogP contribution in [-0.4, -0.2) is 47.5 Å². The second-order valence-electron chi connectivity index (χ2n) is 11.7. The smallest absolute Gasteiger partial charge is 0.134 e. The van der Waals surface area contributed by atoms with Crippen LogP contribution in [-0.2, 0) is 6.42 Å². The number of likely N-dealkylation sites (N-methyl/N-ethyl adjacent to an activating group) is 1. The molecule has 0 unspecified atom stereocenters. The van der Waals surface area contributed by atoms with Gasteiger partial charge in [0, 0.05) is 12.6 Å². The van der Waals surface area contributed by atoms with Gasteiger partial charge in [-0.25, -0.2) is 0 Å². The third kappa shape index (κ3) is 4.36. The van der Waals surface area contributed by atoms with Gasteiger partial charge in [0.25, 0.3) is 0 Å². The van der Waals surface area contributed by atoms with E-state index in [1.807, 2.05) is 0 Å². The number of aliphatic hydroxyl groups excluding tert-OH is 1. The second-order valence-corrected chi connectivity index (χ2v) is 12.1. The fourth-order valence-corrected chi connectivity index (χ4v) is 7.68. The molecule has 2 N–H and O–H groups in total. The van der Waals surface area contributed by atoms with Gasteiger partial charge in [-0.2, -0.15) is 0 Å². The van der Waals surface area contributed by atoms with Gasteiger partial charge in [-0.15, -0.1) is 0 Å². The summed E-state index contributed by atoms with van der Waals surface area (Å²) in [5, 5.41) is 21.8. The molecule has 3 aliphatic carbocycles. The molecule has 2 fully saturated rings. The van der Waals surface area contributed by atoms with Gasteiger partial charge in [0.15, 0.2) is 0 Å². The van der Waals surface area contributed by atoms with Crippen molar-refractivity contribution < 1.29 is 14.9 Å². The fourth-order valence-electron chi connectivity index (χ4n) is 7.42. The summed E-state index contributed by atoms with van der Waals surface area (Å²) in [6.07, 6.45) is 4.70. The van der Waals surface area contributed by atoms with E-state index in [1.165, 1.54) is 11.1 Å². The molecule has 6 atom stereocenters. The molecule has 35 heavy (non-hydrogen) atoms. The minimum Gasteiger partial charge on any atom is -0.506 e. The van der Waals surface area contributed by atoms with E-state index in [4.69, 9.17) is 16.3 Å². The van der Waals surface area contributed by atoms with E-state index < -0.39 is 0 Å². The van der Waals surface area contributed by atoms with Crippen molar-refractivity contribution in [3.63, 3.8) is 0 Å². The molecule has 5 rings (SSSR count). The van der Waals surface area contributed by atoms with Crippen molar-refractivity contribution in [2.24, 2.45) is 17.3 Å². The lowest BCUT2D eigenvalue weighted by molar-refractivity contribution is -0.0322. The van der Waals surface area contributed by atoms with Crippen LogP contribution in [0.2, 0.25) is 5.02 Å². The average Bonchev–Trinajstić information content (AvgIpc) is 3.15. The van der Waals surface area contributed by atoms with Crippen LogP contribution in [0.25, 0.3) is 0 Å². The number of nitrogens with zero attached hydrogens (tertiary/aromatic N) is 1. The summed E-state index contributed by atoms with van der Waals surface area (Å²) in [6, 6.07) is 13.0. The molecule has 0 bridgehead atoms. The molecule has 5 heteroatoms. The number of rotatable bonds is 6. The number of halogens is 1. The van der Waals surface area contributed by atoms with Crippen molar-refractivity contribution >= 4 is 11.6 Å². The molecule has 4 nitrogen and oxygen atoms in total. The molecule has 0 amide bonds. The number of aliphatic hydroxyl groups is 1. The Hall–Kier alpha value is -1.75. The van der Waals surface area contributed by atoms with E-state index in [9.17, 15) is 10.2 Å². The quantitative estimate of drug-likeness (QED) is 0.486. The highest BCUT2D eigenvalue weighted by Gasteiger charge is 2.57. The minimum absolute atomic E-state index is 0.0549. The fraction of sp³-hybridized carbons (Fsp3) is 0.600. The van der Waals surface area contributed by atoms with Gasteiger partial charge in [0.1, 0.15) is 18.1 Å². The van der Waals surface area contributed by atoms with Gasteiger partial charge < -0.3 is 19.8 Å². The molecule has 2 aromatic carbocycles. The van der Waals surface area contributed by atoms with Crippen LogP contribution < -0.4 is 4.74 Å². The van der Waals surface area contributed by atoms with Crippen molar-refractivity contribution in [1.82, 2.24) is 4.90 Å². The van der Waals surface area contributed by atoms with Crippen LogP contribution >= 0.6 is 11.6 Å². The van der Waals surface area contributed by atoms with Gasteiger partial charge in [0.05, 0.1) is 11.1 Å². The first-order valence-electron chi connectivity index (χ1n) is 13.3. The Morgan fingerprint density at radius 2 is 1.86 bits per heavy atom. The molecule has 0 radical (unpaired) electrons. The van der Waals surface area contributed by atoms with Crippen molar-refractivity contribution in [3.8, 4) is 11.5 Å². The topological polar surface area (TPSA) is 52.9 Å². The number of ether oxygens (including phenoxy) is 1. The van der Waals surface area contributed by atoms with Crippen molar-refractivity contribution in [2.75, 3.05) is 20.2 Å². The lowest BCUT2D eigenvalue weighted by Crippen LogP contribution is -2.47. The number of aromatic hydroxyl groups is 1. The second kappa shape index (κ2) is 9.61. The van der Waals surface area contributed by atoms with Gasteiger partial charge in [-0.1, -0.05) is 36.7 Å². The van der Waals surface area contributed by atoms with Gasteiger partial charge in [-0.05, 0) is 117 Å². The predicted molar refractivity (Wildman–Crippen MR) is 142 cm³/mol. The third-order valence-corrected chi connectivity index (χ3v) is 10.1. The standard InChI is InChI=1S/C30H40ClNO3/c1-18(2)32(4)15-16-35-20-7-5-19(6-8-20)24-17-30(3)25(12-14-27(30)34)23-10-9-22-21(28(23)24)11-13-26(33)29(22)31/h5-8,11,13,18,23-25,27-28,33-34H,9-10,12,14-17H2,1-4H3/t23-,24+,25-,27-,28+,30-/m0/s1. The molecule has 0 spiro atoms. The van der Waals surface area contributed by atoms with E-state index in [0.717, 1.165) is 50.0 Å². The normalized spacial score (nSPS) is 31.8. The van der Waals surface area contributed by atoms with Crippen molar-refractivity contribution in [1.29, 1.82) is 0 Å². The summed E-state index contributed by atoms with van der Waals surface area (Å²) >= 11 is 6.60. The molecule has 2 aromatic rings. The van der Waals surface area contributed by atoms with Crippen LogP contribution in [0.5, 0.6) is 11.5 Å². The van der Waals surface area contributed by atoms with Crippen LogP contribution in [0, 0.1) is 17.3 Å². The van der Waals surface area contributed by atoms with E-state index >= 15 is 0 Å². The number of hydrogen-bond acceptors (Lipinski definition) is 4. The summed E-state index contributed by atoms with van der Waals surface area (Å²) < 4.78 is 6.04. The first-order chi connectivity index (χ1) is 16.7. The van der Waals surface area contributed by atoms with Crippen molar-refractivity contribution in [2.45, 2.75) is 76.9 Å². The van der Waals surface area contributed by atoms with Crippen LogP contribution in [0.4, 0.5) is 0 Å². The van der Waals surface area contributed by atoms with Crippen LogP contribution in [0.15, 0.2) is 36.4 Å². The van der Waals surface area contributed by atoms with E-state index in [1.54, 1.807) is 6.07 Å². The molecule has 0 saturated heterocycles. The first kappa shape index (κ1) is 24.9. The largest absolute Gasteiger partial charge is 0.506 e. The SMILES string of the molecule is CC(C)N(C)CCOc1ccc([C@H]2C[C@]3(C)[C@@H](O)CC[C@H]3[C@@H]3CCc4c(ccc(O)c4Cl)[C@H]32)cc1. The highest BCUT2D eigenvalue weighted by molar-refractivity contribution is 6.32. The number of benzene rings is 2. The number of hydrogen-bond donors (Lipinski definition) is 2. The van der Waals surface area contributed by atoms with E-state index in [2.05, 4.69) is 63.1 Å². The molecular weight excluding hydrogens is 458 g/mol. The monoisotopic (exact) mass is 497 g/mol. The molecule has 3 aliphatic rings. The summed E-state index contributed by atoms with van der Waals surface area (Å²) in [6.45, 7) is 8.27. The summed E-state index contributed by atoms with van der Waals surface area (Å²) in [5.41, 5.74) is 3.67. The molecule has 2 saturated carbocycles. The Balaban J connectivity index is 1.45. The van der Waals surface area contributed by atoms with Crippen LogP contribution in [0.3, 0.4) is 0 Å². The number of fused-ring (bicyclic) bond motifs is 5. The van der Waals surface area contributed by atoms with Gasteiger partial charge >= 0.3 is 0 Å². The first-order valence-corrected chi connectivity index (χ1v) is 13.7. The average molecular weight is 498 g/mol. The Labute approximate surface area is 215 Å². The van der Waals surface area contributed by atoms with E-state index in [-0.39, 0.29) is 17.3 Å². The number of phenols is 1. The zero-order valence-electron chi connectivity index (χ0n) is 21.5. The maximum atomic E-state index is 11.1. The van der Waals surface area contributed by atoms with E-state index in [0.29, 0.717) is 41.3 Å².